The lowest BCUT2D eigenvalue weighted by molar-refractivity contribution is 1.07. The van der Waals surface area contributed by atoms with Gasteiger partial charge in [0.25, 0.3) is 0 Å². The van der Waals surface area contributed by atoms with E-state index in [0.29, 0.717) is 17.5 Å². The van der Waals surface area contributed by atoms with Gasteiger partial charge in [0.15, 0.2) is 17.5 Å². The van der Waals surface area contributed by atoms with Crippen molar-refractivity contribution in [3.8, 4) is 51.0 Å². The quantitative estimate of drug-likeness (QED) is 0.197. The van der Waals surface area contributed by atoms with E-state index in [2.05, 4.69) is 144 Å². The largest absolute Gasteiger partial charge is 0.309 e. The normalized spacial score (nSPS) is 11.4. The average Bonchev–Trinajstić information content (AvgIpc) is 3.49. The van der Waals surface area contributed by atoms with Gasteiger partial charge in [-0.25, -0.2) is 15.0 Å². The van der Waals surface area contributed by atoms with Crippen LogP contribution in [-0.2, 0) is 0 Å². The Morgan fingerprint density at radius 1 is 0.340 bits per heavy atom. The zero-order valence-electron chi connectivity index (χ0n) is 25.5. The van der Waals surface area contributed by atoms with Gasteiger partial charge in [-0.3, -0.25) is 0 Å². The van der Waals surface area contributed by atoms with E-state index in [-0.39, 0.29) is 0 Å². The third-order valence-corrected chi connectivity index (χ3v) is 8.84. The van der Waals surface area contributed by atoms with Crippen LogP contribution in [0.1, 0.15) is 0 Å². The maximum absolute atomic E-state index is 5.10. The first-order chi connectivity index (χ1) is 23.3. The molecule has 47 heavy (non-hydrogen) atoms. The summed E-state index contributed by atoms with van der Waals surface area (Å²) in [6.07, 6.45) is 0. The van der Waals surface area contributed by atoms with Crippen molar-refractivity contribution in [2.45, 2.75) is 0 Å². The standard InChI is InChI=1S/C43H28N4/c1-3-14-30(15-4-1)37-28-34(25-26-40(37)47-38-21-11-9-19-35(38)36-20-10-12-22-39(36)47)43-45-41(31-16-5-2-6-17-31)44-42(46-43)33-24-23-29-13-7-8-18-32(29)27-33/h1-28H. The van der Waals surface area contributed by atoms with Crippen LogP contribution in [0.2, 0.25) is 0 Å². The predicted octanol–water partition coefficient (Wildman–Crippen LogP) is 10.8. The Balaban J connectivity index is 1.28. The van der Waals surface area contributed by atoms with Crippen LogP contribution in [0.5, 0.6) is 0 Å². The molecule has 0 saturated heterocycles. The van der Waals surface area contributed by atoms with E-state index in [9.17, 15) is 0 Å². The summed E-state index contributed by atoms with van der Waals surface area (Å²) in [5.41, 5.74) is 8.49. The molecule has 4 heteroatoms. The first-order valence-electron chi connectivity index (χ1n) is 15.8. The molecule has 2 heterocycles. The summed E-state index contributed by atoms with van der Waals surface area (Å²) in [6.45, 7) is 0. The fourth-order valence-electron chi connectivity index (χ4n) is 6.58. The molecule has 0 N–H and O–H groups in total. The predicted molar refractivity (Wildman–Crippen MR) is 193 cm³/mol. The lowest BCUT2D eigenvalue weighted by Gasteiger charge is -2.16. The average molecular weight is 601 g/mol. The summed E-state index contributed by atoms with van der Waals surface area (Å²) in [6, 6.07) is 59.3. The van der Waals surface area contributed by atoms with Gasteiger partial charge in [0.1, 0.15) is 0 Å². The van der Waals surface area contributed by atoms with Crippen molar-refractivity contribution < 1.29 is 0 Å². The molecule has 9 rings (SSSR count). The Morgan fingerprint density at radius 2 is 0.830 bits per heavy atom. The van der Waals surface area contributed by atoms with Crippen LogP contribution in [0.25, 0.3) is 83.6 Å². The Morgan fingerprint density at radius 3 is 1.49 bits per heavy atom. The summed E-state index contributed by atoms with van der Waals surface area (Å²) in [7, 11) is 0. The highest BCUT2D eigenvalue weighted by Crippen LogP contribution is 2.38. The van der Waals surface area contributed by atoms with Crippen molar-refractivity contribution in [1.82, 2.24) is 19.5 Å². The molecule has 220 valence electrons. The minimum atomic E-state index is 0.632. The van der Waals surface area contributed by atoms with Gasteiger partial charge >= 0.3 is 0 Å². The third-order valence-electron chi connectivity index (χ3n) is 8.84. The third kappa shape index (κ3) is 4.75. The molecule has 0 saturated carbocycles. The molecule has 4 nitrogen and oxygen atoms in total. The second-order valence-corrected chi connectivity index (χ2v) is 11.7. The molecule has 0 fully saturated rings. The second-order valence-electron chi connectivity index (χ2n) is 11.7. The van der Waals surface area contributed by atoms with Crippen molar-refractivity contribution in [3.63, 3.8) is 0 Å². The van der Waals surface area contributed by atoms with E-state index >= 15 is 0 Å². The Kier molecular flexibility index (Phi) is 6.43. The minimum absolute atomic E-state index is 0.632. The Hall–Kier alpha value is -6.39. The van der Waals surface area contributed by atoms with Crippen molar-refractivity contribution in [3.05, 3.63) is 170 Å². The summed E-state index contributed by atoms with van der Waals surface area (Å²) in [4.78, 5) is 15.2. The van der Waals surface area contributed by atoms with Crippen LogP contribution in [0.3, 0.4) is 0 Å². The molecule has 0 unspecified atom stereocenters. The van der Waals surface area contributed by atoms with Crippen molar-refractivity contribution in [2.75, 3.05) is 0 Å². The molecule has 0 radical (unpaired) electrons. The van der Waals surface area contributed by atoms with E-state index in [4.69, 9.17) is 15.0 Å². The van der Waals surface area contributed by atoms with Crippen LogP contribution in [-0.4, -0.2) is 19.5 Å². The molecule has 0 aliphatic rings. The van der Waals surface area contributed by atoms with Crippen LogP contribution in [0.4, 0.5) is 0 Å². The maximum atomic E-state index is 5.10. The SMILES string of the molecule is c1ccc(-c2nc(-c3ccc(-n4c5ccccc5c5ccccc54)c(-c4ccccc4)c3)nc(-c3ccc4ccccc4c3)n2)cc1. The summed E-state index contributed by atoms with van der Waals surface area (Å²) in [5, 5.41) is 4.80. The van der Waals surface area contributed by atoms with E-state index < -0.39 is 0 Å². The molecule has 9 aromatic rings. The highest BCUT2D eigenvalue weighted by atomic mass is 15.0. The van der Waals surface area contributed by atoms with Gasteiger partial charge in [-0.05, 0) is 52.7 Å². The second kappa shape index (κ2) is 11.2. The molecule has 0 atom stereocenters. The van der Waals surface area contributed by atoms with Crippen LogP contribution in [0.15, 0.2) is 170 Å². The van der Waals surface area contributed by atoms with Gasteiger partial charge in [0, 0.05) is 33.0 Å². The zero-order valence-corrected chi connectivity index (χ0v) is 25.5. The number of benzene rings is 7. The molecular weight excluding hydrogens is 573 g/mol. The van der Waals surface area contributed by atoms with Crippen molar-refractivity contribution in [1.29, 1.82) is 0 Å². The van der Waals surface area contributed by atoms with Gasteiger partial charge in [0.2, 0.25) is 0 Å². The van der Waals surface area contributed by atoms with Gasteiger partial charge in [-0.1, -0.05) is 133 Å². The molecule has 0 aliphatic carbocycles. The fraction of sp³-hybridized carbons (Fsp3) is 0. The molecule has 0 amide bonds. The number of hydrogen-bond donors (Lipinski definition) is 0. The topological polar surface area (TPSA) is 43.6 Å². The summed E-state index contributed by atoms with van der Waals surface area (Å²) < 4.78 is 2.38. The monoisotopic (exact) mass is 600 g/mol. The molecule has 0 aliphatic heterocycles. The van der Waals surface area contributed by atoms with Gasteiger partial charge in [-0.2, -0.15) is 0 Å². The van der Waals surface area contributed by atoms with E-state index in [1.54, 1.807) is 0 Å². The van der Waals surface area contributed by atoms with Crippen LogP contribution >= 0.6 is 0 Å². The van der Waals surface area contributed by atoms with Crippen LogP contribution in [0, 0.1) is 0 Å². The van der Waals surface area contributed by atoms with Gasteiger partial charge < -0.3 is 4.57 Å². The number of rotatable bonds is 5. The number of hydrogen-bond acceptors (Lipinski definition) is 3. The van der Waals surface area contributed by atoms with E-state index in [0.717, 1.165) is 38.9 Å². The zero-order chi connectivity index (χ0) is 31.2. The summed E-state index contributed by atoms with van der Waals surface area (Å²) >= 11 is 0. The van der Waals surface area contributed by atoms with E-state index in [1.165, 1.54) is 27.2 Å². The number of para-hydroxylation sites is 2. The lowest BCUT2D eigenvalue weighted by Crippen LogP contribution is -2.02. The lowest BCUT2D eigenvalue weighted by atomic mass is 10.00. The van der Waals surface area contributed by atoms with E-state index in [1.807, 2.05) is 30.3 Å². The highest BCUT2D eigenvalue weighted by Gasteiger charge is 2.18. The first kappa shape index (κ1) is 27.0. The number of nitrogens with zero attached hydrogens (tertiary/aromatic N) is 4. The smallest absolute Gasteiger partial charge is 0.164 e. The Labute approximate surface area is 272 Å². The number of aromatic nitrogens is 4. The molecular formula is C43H28N4. The van der Waals surface area contributed by atoms with Crippen molar-refractivity contribution >= 4 is 32.6 Å². The minimum Gasteiger partial charge on any atom is -0.309 e. The molecule has 0 bridgehead atoms. The number of fused-ring (bicyclic) bond motifs is 4. The maximum Gasteiger partial charge on any atom is 0.164 e. The first-order valence-corrected chi connectivity index (χ1v) is 15.8. The van der Waals surface area contributed by atoms with Crippen molar-refractivity contribution in [2.24, 2.45) is 0 Å². The summed E-state index contributed by atoms with van der Waals surface area (Å²) in [5.74, 6) is 1.92. The Bertz CT molecular complexity index is 2520. The molecule has 2 aromatic heterocycles. The molecule has 0 spiro atoms. The fourth-order valence-corrected chi connectivity index (χ4v) is 6.58. The highest BCUT2D eigenvalue weighted by molar-refractivity contribution is 6.09. The van der Waals surface area contributed by atoms with Gasteiger partial charge in [0.05, 0.1) is 16.7 Å². The van der Waals surface area contributed by atoms with Gasteiger partial charge in [-0.15, -0.1) is 0 Å². The van der Waals surface area contributed by atoms with Crippen LogP contribution < -0.4 is 0 Å². The molecule has 7 aromatic carbocycles.